The fraction of sp³-hybridized carbons (Fsp3) is 0.500. The van der Waals surface area contributed by atoms with Crippen LogP contribution in [0.3, 0.4) is 0 Å². The van der Waals surface area contributed by atoms with Crippen LogP contribution in [-0.4, -0.2) is 61.5 Å². The van der Waals surface area contributed by atoms with Crippen molar-refractivity contribution >= 4 is 5.91 Å². The number of ether oxygens (including phenoxy) is 5. The molecule has 0 saturated carbocycles. The molecule has 0 N–H and O–H groups in total. The van der Waals surface area contributed by atoms with Crippen molar-refractivity contribution in [1.29, 1.82) is 0 Å². The molecule has 1 aromatic heterocycles. The Morgan fingerprint density at radius 3 is 2.46 bits per heavy atom. The zero-order valence-electron chi connectivity index (χ0n) is 21.8. The van der Waals surface area contributed by atoms with Gasteiger partial charge in [-0.05, 0) is 24.3 Å². The number of carbonyl (C=O) groups is 1. The lowest BCUT2D eigenvalue weighted by molar-refractivity contribution is -0.140. The van der Waals surface area contributed by atoms with Crippen molar-refractivity contribution in [1.82, 2.24) is 9.13 Å². The Morgan fingerprint density at radius 2 is 1.87 bits per heavy atom. The average Bonchev–Trinajstić information content (AvgIpc) is 3.28. The highest BCUT2D eigenvalue weighted by Crippen LogP contribution is 2.32. The van der Waals surface area contributed by atoms with Gasteiger partial charge in [-0.1, -0.05) is 25.7 Å². The maximum absolute atomic E-state index is 13.9. The van der Waals surface area contributed by atoms with Gasteiger partial charge in [0.05, 0.1) is 19.8 Å². The number of benzene rings is 1. The quantitative estimate of drug-likeness (QED) is 0.265. The number of aromatic nitrogens is 2. The first-order valence-corrected chi connectivity index (χ1v) is 11.9. The lowest BCUT2D eigenvalue weighted by Crippen LogP contribution is -2.47. The minimum Gasteiger partial charge on any atom is -0.497 e. The molecule has 0 spiro atoms. The van der Waals surface area contributed by atoms with E-state index in [4.69, 9.17) is 23.7 Å². The molecule has 0 bridgehead atoms. The highest BCUT2D eigenvalue weighted by atomic mass is 19.4. The molecule has 0 radical (unpaired) electrons. The molecule has 1 fully saturated rings. The largest absolute Gasteiger partial charge is 0.497 e. The predicted octanol–water partition coefficient (Wildman–Crippen LogP) is 2.68. The second-order valence-corrected chi connectivity index (χ2v) is 8.87. The summed E-state index contributed by atoms with van der Waals surface area (Å²) in [6, 6.07) is 5.21. The van der Waals surface area contributed by atoms with Gasteiger partial charge >= 0.3 is 11.9 Å². The van der Waals surface area contributed by atoms with E-state index in [2.05, 4.69) is 11.8 Å². The van der Waals surface area contributed by atoms with Gasteiger partial charge in [-0.3, -0.25) is 14.2 Å². The molecule has 3 rings (SSSR count). The van der Waals surface area contributed by atoms with E-state index < -0.39 is 47.3 Å². The lowest BCUT2D eigenvalue weighted by Gasteiger charge is -2.19. The van der Waals surface area contributed by atoms with E-state index in [1.54, 1.807) is 0 Å². The third kappa shape index (κ3) is 7.36. The number of halogens is 3. The third-order valence-electron chi connectivity index (χ3n) is 5.69. The summed E-state index contributed by atoms with van der Waals surface area (Å²) in [6.45, 7) is 3.67. The van der Waals surface area contributed by atoms with Crippen LogP contribution < -0.4 is 16.0 Å². The van der Waals surface area contributed by atoms with Crippen LogP contribution >= 0.6 is 0 Å². The predicted molar refractivity (Wildman–Crippen MR) is 131 cm³/mol. The zero-order chi connectivity index (χ0) is 28.7. The fourth-order valence-electron chi connectivity index (χ4n) is 3.85. The van der Waals surface area contributed by atoms with Gasteiger partial charge in [0.15, 0.2) is 0 Å². The van der Waals surface area contributed by atoms with Crippen molar-refractivity contribution in [3.63, 3.8) is 0 Å². The van der Waals surface area contributed by atoms with Crippen LogP contribution in [0.5, 0.6) is 5.75 Å². The van der Waals surface area contributed by atoms with Crippen molar-refractivity contribution in [2.75, 3.05) is 34.2 Å². The smallest absolute Gasteiger partial charge is 0.423 e. The Kier molecular flexibility index (Phi) is 10.1. The van der Waals surface area contributed by atoms with E-state index in [1.165, 1.54) is 38.5 Å². The molecule has 1 aromatic carbocycles. The zero-order valence-corrected chi connectivity index (χ0v) is 21.8. The van der Waals surface area contributed by atoms with Gasteiger partial charge in [0.2, 0.25) is 0 Å². The molecule has 13 heteroatoms. The molecule has 2 heterocycles. The Labute approximate surface area is 222 Å². The van der Waals surface area contributed by atoms with Gasteiger partial charge < -0.3 is 23.7 Å². The van der Waals surface area contributed by atoms with Crippen LogP contribution in [0.4, 0.5) is 13.2 Å². The third-order valence-corrected chi connectivity index (χ3v) is 5.69. The molecule has 0 amide bonds. The summed E-state index contributed by atoms with van der Waals surface area (Å²) in [4.78, 5) is 39.2. The number of alkyl halides is 3. The molecule has 212 valence electrons. The molecular formula is C26H29F3N2O8. The molecular weight excluding hydrogens is 525 g/mol. The minimum absolute atomic E-state index is 0.0118. The van der Waals surface area contributed by atoms with E-state index in [9.17, 15) is 27.6 Å². The standard InChI is InChI=1S/C26H29F3N2O8/c1-16(2)6-5-11-38-20-12-22(39-21(20)14-37-15-35-3)30-13-19(26(27,28)29)24(33)31(25(30)34)23(32)17-7-9-18(36-4)10-8-17/h7-10,13,16,20-22H,11-12,14-15H2,1-4H3/t20-,21+,22+/m0/s1. The molecule has 1 aliphatic rings. The Bertz CT molecular complexity index is 1320. The number of hydrogen-bond acceptors (Lipinski definition) is 8. The average molecular weight is 555 g/mol. The van der Waals surface area contributed by atoms with Gasteiger partial charge in [-0.2, -0.15) is 17.7 Å². The maximum Gasteiger partial charge on any atom is 0.423 e. The van der Waals surface area contributed by atoms with Gasteiger partial charge in [0.25, 0.3) is 11.5 Å². The number of rotatable bonds is 9. The lowest BCUT2D eigenvalue weighted by atomic mass is 10.1. The molecule has 39 heavy (non-hydrogen) atoms. The summed E-state index contributed by atoms with van der Waals surface area (Å²) in [7, 11) is 2.80. The van der Waals surface area contributed by atoms with Crippen LogP contribution in [0, 0.1) is 17.8 Å². The van der Waals surface area contributed by atoms with Crippen LogP contribution in [0.2, 0.25) is 0 Å². The molecule has 1 aliphatic heterocycles. The summed E-state index contributed by atoms with van der Waals surface area (Å²) in [5.41, 5.74) is -4.98. The second-order valence-electron chi connectivity index (χ2n) is 8.87. The van der Waals surface area contributed by atoms with Gasteiger partial charge in [-0.15, -0.1) is 0 Å². The molecule has 3 atom stereocenters. The van der Waals surface area contributed by atoms with E-state index in [0.717, 1.165) is 0 Å². The summed E-state index contributed by atoms with van der Waals surface area (Å²) in [5, 5.41) is 0. The van der Waals surface area contributed by atoms with Crippen molar-refractivity contribution < 1.29 is 41.7 Å². The molecule has 1 saturated heterocycles. The minimum atomic E-state index is -5.16. The number of methoxy groups -OCH3 is 2. The van der Waals surface area contributed by atoms with Crippen molar-refractivity contribution in [2.24, 2.45) is 5.92 Å². The number of nitrogens with zero attached hydrogens (tertiary/aromatic N) is 2. The Morgan fingerprint density at radius 1 is 1.18 bits per heavy atom. The van der Waals surface area contributed by atoms with E-state index in [-0.39, 0.29) is 42.5 Å². The Hall–Kier alpha value is -3.44. The summed E-state index contributed by atoms with van der Waals surface area (Å²) in [5.74, 6) is 5.01. The SMILES string of the molecule is COCOC[C@H]1O[C@@H](n2cc(C(F)(F)F)c(=O)n(C(=O)c3ccc(OC)cc3)c2=O)C[C@@H]1OCC#CC(C)C. The molecule has 0 unspecified atom stereocenters. The number of carbonyl (C=O) groups excluding carboxylic acids is 1. The van der Waals surface area contributed by atoms with Crippen LogP contribution in [-0.2, 0) is 25.1 Å². The first-order chi connectivity index (χ1) is 18.5. The van der Waals surface area contributed by atoms with Crippen molar-refractivity contribution in [2.45, 2.75) is 44.9 Å². The number of hydrogen-bond donors (Lipinski definition) is 0. The van der Waals surface area contributed by atoms with Crippen LogP contribution in [0.25, 0.3) is 0 Å². The summed E-state index contributed by atoms with van der Waals surface area (Å²) >= 11 is 0. The van der Waals surface area contributed by atoms with E-state index in [0.29, 0.717) is 16.5 Å². The first-order valence-electron chi connectivity index (χ1n) is 11.9. The molecule has 0 aliphatic carbocycles. The van der Waals surface area contributed by atoms with Crippen molar-refractivity contribution in [3.8, 4) is 17.6 Å². The van der Waals surface area contributed by atoms with Crippen molar-refractivity contribution in [3.05, 3.63) is 62.4 Å². The Balaban J connectivity index is 2.03. The second kappa shape index (κ2) is 13.1. The van der Waals surface area contributed by atoms with E-state index >= 15 is 0 Å². The topological polar surface area (TPSA) is 107 Å². The van der Waals surface area contributed by atoms with Crippen LogP contribution in [0.1, 0.15) is 42.4 Å². The maximum atomic E-state index is 13.9. The first kappa shape index (κ1) is 30.1. The normalized spacial score (nSPS) is 19.1. The van der Waals surface area contributed by atoms with Gasteiger partial charge in [-0.25, -0.2) is 4.79 Å². The summed E-state index contributed by atoms with van der Waals surface area (Å²) < 4.78 is 68.9. The molecule has 2 aromatic rings. The van der Waals surface area contributed by atoms with E-state index in [1.807, 2.05) is 13.8 Å². The summed E-state index contributed by atoms with van der Waals surface area (Å²) in [6.07, 6.45) is -7.68. The van der Waals surface area contributed by atoms with Gasteiger partial charge in [0.1, 0.15) is 37.0 Å². The monoisotopic (exact) mass is 554 g/mol. The highest BCUT2D eigenvalue weighted by Gasteiger charge is 2.41. The highest BCUT2D eigenvalue weighted by molar-refractivity contribution is 5.95. The van der Waals surface area contributed by atoms with Gasteiger partial charge in [0, 0.05) is 31.2 Å². The van der Waals surface area contributed by atoms with Crippen LogP contribution in [0.15, 0.2) is 40.1 Å². The fourth-order valence-corrected chi connectivity index (χ4v) is 3.85. The molecule has 10 nitrogen and oxygen atoms in total.